The minimum absolute atomic E-state index is 0.00949. The van der Waals surface area contributed by atoms with Crippen LogP contribution in [0.25, 0.3) is 0 Å². The maximum Gasteiger partial charge on any atom is 0.272 e. The molecule has 1 aromatic heterocycles. The van der Waals surface area contributed by atoms with E-state index in [1.807, 2.05) is 38.1 Å². The Hall–Kier alpha value is -2.18. The summed E-state index contributed by atoms with van der Waals surface area (Å²) in [7, 11) is 0. The molecule has 0 unspecified atom stereocenters. The van der Waals surface area contributed by atoms with Gasteiger partial charge in [0.05, 0.1) is 24.5 Å². The molecule has 0 saturated heterocycles. The second-order valence-electron chi connectivity index (χ2n) is 5.92. The van der Waals surface area contributed by atoms with E-state index in [2.05, 4.69) is 15.5 Å². The molecule has 0 saturated carbocycles. The molecule has 2 aromatic rings. The van der Waals surface area contributed by atoms with E-state index >= 15 is 0 Å². The number of carbonyl (C=O) groups is 1. The number of nitrogens with one attached hydrogen (secondary N) is 2. The lowest BCUT2D eigenvalue weighted by Gasteiger charge is -2.25. The van der Waals surface area contributed by atoms with E-state index in [4.69, 9.17) is 9.84 Å². The smallest absolute Gasteiger partial charge is 0.272 e. The molecule has 2 heterocycles. The second kappa shape index (κ2) is 6.52. The molecule has 1 amide bonds. The normalized spacial score (nSPS) is 20.1. The van der Waals surface area contributed by atoms with Gasteiger partial charge in [0.2, 0.25) is 0 Å². The first-order chi connectivity index (χ1) is 11.1. The predicted octanol–water partition coefficient (Wildman–Crippen LogP) is 1.85. The van der Waals surface area contributed by atoms with Gasteiger partial charge in [-0.05, 0) is 25.0 Å². The Morgan fingerprint density at radius 1 is 1.43 bits per heavy atom. The van der Waals surface area contributed by atoms with E-state index in [9.17, 15) is 4.79 Å². The molecular formula is C17H21N3O3. The first-order valence-electron chi connectivity index (χ1n) is 7.78. The van der Waals surface area contributed by atoms with Crippen LogP contribution in [0, 0.1) is 0 Å². The van der Waals surface area contributed by atoms with Crippen molar-refractivity contribution < 1.29 is 14.6 Å². The maximum atomic E-state index is 12.4. The second-order valence-corrected chi connectivity index (χ2v) is 5.92. The third-order valence-electron chi connectivity index (χ3n) is 4.08. The molecule has 2 atom stereocenters. The van der Waals surface area contributed by atoms with E-state index in [0.717, 1.165) is 22.4 Å². The number of nitrogens with zero attached hydrogens (tertiary/aromatic N) is 1. The van der Waals surface area contributed by atoms with E-state index in [-0.39, 0.29) is 24.7 Å². The molecule has 3 N–H and O–H groups in total. The van der Waals surface area contributed by atoms with Crippen molar-refractivity contribution in [1.82, 2.24) is 15.5 Å². The van der Waals surface area contributed by atoms with Gasteiger partial charge in [0.1, 0.15) is 0 Å². The quantitative estimate of drug-likeness (QED) is 0.803. The lowest BCUT2D eigenvalue weighted by molar-refractivity contribution is -0.00697. The number of rotatable bonds is 4. The zero-order chi connectivity index (χ0) is 16.4. The molecule has 3 rings (SSSR count). The first kappa shape index (κ1) is 15.7. The highest BCUT2D eigenvalue weighted by atomic mass is 16.5. The van der Waals surface area contributed by atoms with Crippen molar-refractivity contribution in [2.24, 2.45) is 0 Å². The zero-order valence-corrected chi connectivity index (χ0v) is 13.3. The summed E-state index contributed by atoms with van der Waals surface area (Å²) in [5.41, 5.74) is 4.04. The average molecular weight is 315 g/mol. The summed E-state index contributed by atoms with van der Waals surface area (Å²) in [6.07, 6.45) is 0.672. The number of aromatic amines is 1. The molecular weight excluding hydrogens is 294 g/mol. The van der Waals surface area contributed by atoms with Crippen molar-refractivity contribution in [3.8, 4) is 0 Å². The fourth-order valence-corrected chi connectivity index (χ4v) is 2.97. The molecule has 0 aliphatic carbocycles. The van der Waals surface area contributed by atoms with Gasteiger partial charge in [0.25, 0.3) is 5.91 Å². The van der Waals surface area contributed by atoms with Gasteiger partial charge in [-0.1, -0.05) is 24.3 Å². The fourth-order valence-electron chi connectivity index (χ4n) is 2.97. The Balaban J connectivity index is 1.72. The number of aliphatic hydroxyl groups excluding tert-OH is 1. The number of hydrogen-bond donors (Lipinski definition) is 3. The number of hydrogen-bond acceptors (Lipinski definition) is 4. The number of ether oxygens (including phenoxy) is 1. The number of H-pyrrole nitrogens is 1. The van der Waals surface area contributed by atoms with E-state index in [0.29, 0.717) is 18.7 Å². The van der Waals surface area contributed by atoms with Crippen molar-refractivity contribution in [3.05, 3.63) is 52.3 Å². The van der Waals surface area contributed by atoms with Gasteiger partial charge < -0.3 is 15.2 Å². The molecule has 0 radical (unpaired) electrons. The summed E-state index contributed by atoms with van der Waals surface area (Å²) in [6.45, 7) is 4.34. The predicted molar refractivity (Wildman–Crippen MR) is 84.8 cm³/mol. The molecule has 1 aliphatic heterocycles. The molecule has 0 spiro atoms. The molecule has 0 fully saturated rings. The van der Waals surface area contributed by atoms with Crippen LogP contribution >= 0.6 is 0 Å². The third kappa shape index (κ3) is 3.28. The summed E-state index contributed by atoms with van der Waals surface area (Å²) in [5.74, 6) is -0.196. The van der Waals surface area contributed by atoms with Gasteiger partial charge in [-0.15, -0.1) is 0 Å². The van der Waals surface area contributed by atoms with Gasteiger partial charge in [0.15, 0.2) is 5.69 Å². The summed E-state index contributed by atoms with van der Waals surface area (Å²) in [5, 5.41) is 19.1. The lowest BCUT2D eigenvalue weighted by Crippen LogP contribution is -2.27. The van der Waals surface area contributed by atoms with Crippen LogP contribution in [-0.2, 0) is 24.3 Å². The van der Waals surface area contributed by atoms with Crippen molar-refractivity contribution >= 4 is 5.91 Å². The van der Waals surface area contributed by atoms with E-state index in [1.54, 1.807) is 0 Å². The van der Waals surface area contributed by atoms with Gasteiger partial charge >= 0.3 is 0 Å². The summed E-state index contributed by atoms with van der Waals surface area (Å²) in [6, 6.07) is 7.50. The van der Waals surface area contributed by atoms with E-state index < -0.39 is 0 Å². The number of carbonyl (C=O) groups excluding carboxylic acids is 1. The summed E-state index contributed by atoms with van der Waals surface area (Å²) >= 11 is 0. The highest BCUT2D eigenvalue weighted by Crippen LogP contribution is 2.30. The first-order valence-corrected chi connectivity index (χ1v) is 7.78. The van der Waals surface area contributed by atoms with Gasteiger partial charge in [-0.3, -0.25) is 9.89 Å². The minimum Gasteiger partial charge on any atom is -0.392 e. The van der Waals surface area contributed by atoms with Crippen molar-refractivity contribution in [2.45, 2.75) is 45.6 Å². The molecule has 1 aromatic carbocycles. The zero-order valence-electron chi connectivity index (χ0n) is 13.3. The monoisotopic (exact) mass is 315 g/mol. The lowest BCUT2D eigenvalue weighted by atomic mass is 9.99. The Kier molecular flexibility index (Phi) is 4.45. The van der Waals surface area contributed by atoms with Gasteiger partial charge in [0, 0.05) is 18.5 Å². The van der Waals surface area contributed by atoms with Crippen LogP contribution < -0.4 is 5.32 Å². The SMILES string of the molecule is C[C@@H]1Cc2c(C(=O)NCc3cccc(CO)c3)n[nH]c2[C@H](C)O1. The summed E-state index contributed by atoms with van der Waals surface area (Å²) < 4.78 is 5.73. The van der Waals surface area contributed by atoms with E-state index in [1.165, 1.54) is 0 Å². The Labute approximate surface area is 134 Å². The van der Waals surface area contributed by atoms with Crippen LogP contribution in [0.15, 0.2) is 24.3 Å². The van der Waals surface area contributed by atoms with Crippen molar-refractivity contribution in [3.63, 3.8) is 0 Å². The van der Waals surface area contributed by atoms with Gasteiger partial charge in [-0.2, -0.15) is 5.10 Å². The standard InChI is InChI=1S/C17H21N3O3/c1-10-6-14-15(11(2)23-10)19-20-16(14)17(22)18-8-12-4-3-5-13(7-12)9-21/h3-5,7,10-11,21H,6,8-9H2,1-2H3,(H,18,22)(H,19,20)/t10-,11+/m1/s1. The third-order valence-corrected chi connectivity index (χ3v) is 4.08. The Bertz CT molecular complexity index is 711. The van der Waals surface area contributed by atoms with Crippen LogP contribution in [0.1, 0.15) is 52.8 Å². The number of amides is 1. The highest BCUT2D eigenvalue weighted by Gasteiger charge is 2.29. The van der Waals surface area contributed by atoms with Crippen molar-refractivity contribution in [1.29, 1.82) is 0 Å². The van der Waals surface area contributed by atoms with Crippen LogP contribution in [0.4, 0.5) is 0 Å². The average Bonchev–Trinajstić information content (AvgIpc) is 2.97. The Morgan fingerprint density at radius 2 is 2.22 bits per heavy atom. The molecule has 23 heavy (non-hydrogen) atoms. The van der Waals surface area contributed by atoms with Crippen LogP contribution in [0.3, 0.4) is 0 Å². The number of aliphatic hydroxyl groups is 1. The fraction of sp³-hybridized carbons (Fsp3) is 0.412. The van der Waals surface area contributed by atoms with Crippen LogP contribution in [0.2, 0.25) is 0 Å². The number of aromatic nitrogens is 2. The maximum absolute atomic E-state index is 12.4. The topological polar surface area (TPSA) is 87.2 Å². The largest absolute Gasteiger partial charge is 0.392 e. The van der Waals surface area contributed by atoms with Crippen molar-refractivity contribution in [2.75, 3.05) is 0 Å². The Morgan fingerprint density at radius 3 is 3.00 bits per heavy atom. The van der Waals surface area contributed by atoms with Gasteiger partial charge in [-0.25, -0.2) is 0 Å². The van der Waals surface area contributed by atoms with Crippen LogP contribution in [-0.4, -0.2) is 27.3 Å². The van der Waals surface area contributed by atoms with Crippen LogP contribution in [0.5, 0.6) is 0 Å². The number of fused-ring (bicyclic) bond motifs is 1. The molecule has 0 bridgehead atoms. The molecule has 122 valence electrons. The highest BCUT2D eigenvalue weighted by molar-refractivity contribution is 5.94. The minimum atomic E-state index is -0.196. The molecule has 6 heteroatoms. The molecule has 6 nitrogen and oxygen atoms in total. The number of benzene rings is 1. The molecule has 1 aliphatic rings. The summed E-state index contributed by atoms with van der Waals surface area (Å²) in [4.78, 5) is 12.4.